The summed E-state index contributed by atoms with van der Waals surface area (Å²) in [5.41, 5.74) is 13.4. The fourth-order valence-corrected chi connectivity index (χ4v) is 15.4. The van der Waals surface area contributed by atoms with E-state index in [2.05, 4.69) is 332 Å². The van der Waals surface area contributed by atoms with Gasteiger partial charge in [0.1, 0.15) is 33.5 Å². The van der Waals surface area contributed by atoms with Crippen molar-refractivity contribution in [2.45, 2.75) is 117 Å². The zero-order valence-electron chi connectivity index (χ0n) is 60.7. The van der Waals surface area contributed by atoms with Gasteiger partial charge in [0.25, 0.3) is 0 Å². The molecule has 3 aliphatic heterocycles. The predicted molar refractivity (Wildman–Crippen MR) is 432 cm³/mol. The maximum atomic E-state index is 6.61. The van der Waals surface area contributed by atoms with E-state index >= 15 is 0 Å². The van der Waals surface area contributed by atoms with Gasteiger partial charge in [-0.1, -0.05) is 224 Å². The number of hydrogen-bond donors (Lipinski definition) is 0. The summed E-state index contributed by atoms with van der Waals surface area (Å²) in [4.78, 5) is 0. The summed E-state index contributed by atoms with van der Waals surface area (Å²) < 4.78 is 57.2. The maximum Gasteiger partial charge on any atom is 0.495 e. The van der Waals surface area contributed by atoms with Crippen molar-refractivity contribution in [1.29, 1.82) is 0 Å². The summed E-state index contributed by atoms with van der Waals surface area (Å²) in [5.74, 6) is 0. The average Bonchev–Trinajstić information content (AvgIpc) is 1.51. The van der Waals surface area contributed by atoms with Gasteiger partial charge in [-0.25, -0.2) is 0 Å². The van der Waals surface area contributed by atoms with Gasteiger partial charge in [0.2, 0.25) is 0 Å². The second-order valence-electron chi connectivity index (χ2n) is 31.3. The highest BCUT2D eigenvalue weighted by atomic mass is 16.7. The van der Waals surface area contributed by atoms with Crippen LogP contribution >= 0.6 is 0 Å². The van der Waals surface area contributed by atoms with Crippen molar-refractivity contribution in [3.05, 3.63) is 261 Å². The molecule has 20 rings (SSSR count). The molecule has 0 amide bonds. The molecular formula is C92H79B3O9. The molecule has 0 N–H and O–H groups in total. The van der Waals surface area contributed by atoms with Gasteiger partial charge in [0.05, 0.1) is 33.6 Å². The average molecular weight is 1360 g/mol. The molecule has 510 valence electrons. The van der Waals surface area contributed by atoms with Crippen LogP contribution in [-0.4, -0.2) is 55.0 Å². The van der Waals surface area contributed by atoms with Crippen LogP contribution in [0.1, 0.15) is 83.1 Å². The summed E-state index contributed by atoms with van der Waals surface area (Å²) in [6.07, 6.45) is 0. The van der Waals surface area contributed by atoms with Crippen molar-refractivity contribution in [2.24, 2.45) is 0 Å². The smallest absolute Gasteiger partial charge is 0.455 e. The molecule has 17 aromatic rings. The molecule has 0 bridgehead atoms. The van der Waals surface area contributed by atoms with E-state index in [0.29, 0.717) is 0 Å². The molecule has 0 aliphatic carbocycles. The molecule has 0 unspecified atom stereocenters. The van der Waals surface area contributed by atoms with Crippen LogP contribution in [0.4, 0.5) is 0 Å². The molecule has 0 saturated carbocycles. The van der Waals surface area contributed by atoms with Crippen LogP contribution < -0.4 is 16.4 Å². The van der Waals surface area contributed by atoms with E-state index in [1.54, 1.807) is 0 Å². The molecule has 3 aromatic heterocycles. The highest BCUT2D eigenvalue weighted by Crippen LogP contribution is 2.47. The SMILES string of the molecule is CC1(C)OB(c2ccc(-c3cc4c5ccccc5oc4c4ccccc34)cc2)OC1(C)C.CC1(C)OB(c2ccc(-c3ccc4oc5c6ccccc6c6ccccc6c5c4c3)cc2)OC1(C)C.CC1(C)OB(c2ccccc2-c2cc3c4ccc5ccccc5c4oc3c3ccccc23)OC1(C)C. The molecule has 0 atom stereocenters. The first-order chi connectivity index (χ1) is 50.0. The van der Waals surface area contributed by atoms with E-state index in [1.807, 2.05) is 12.1 Å². The zero-order valence-corrected chi connectivity index (χ0v) is 60.7. The highest BCUT2D eigenvalue weighted by Gasteiger charge is 2.54. The lowest BCUT2D eigenvalue weighted by atomic mass is 9.74. The number of rotatable bonds is 6. The highest BCUT2D eigenvalue weighted by molar-refractivity contribution is 6.64. The Morgan fingerprint density at radius 2 is 0.606 bits per heavy atom. The topological polar surface area (TPSA) is 94.8 Å². The second-order valence-corrected chi connectivity index (χ2v) is 31.3. The summed E-state index contributed by atoms with van der Waals surface area (Å²) in [5, 5.41) is 18.6. The molecular weight excluding hydrogens is 1280 g/mol. The van der Waals surface area contributed by atoms with Crippen LogP contribution in [0.5, 0.6) is 0 Å². The van der Waals surface area contributed by atoms with Crippen molar-refractivity contribution in [3.8, 4) is 33.4 Å². The number of hydrogen-bond acceptors (Lipinski definition) is 9. The first kappa shape index (κ1) is 65.7. The Labute approximate surface area is 606 Å². The molecule has 12 heteroatoms. The van der Waals surface area contributed by atoms with Crippen LogP contribution in [-0.2, 0) is 27.9 Å². The fraction of sp³-hybridized carbons (Fsp3) is 0.196. The van der Waals surface area contributed by atoms with Crippen molar-refractivity contribution in [1.82, 2.24) is 0 Å². The molecule has 6 heterocycles. The lowest BCUT2D eigenvalue weighted by molar-refractivity contribution is 0.00578. The zero-order chi connectivity index (χ0) is 71.4. The Bertz CT molecular complexity index is 6250. The van der Waals surface area contributed by atoms with Gasteiger partial charge in [-0.3, -0.25) is 0 Å². The Hall–Kier alpha value is -10.3. The van der Waals surface area contributed by atoms with Gasteiger partial charge in [0, 0.05) is 53.9 Å². The van der Waals surface area contributed by atoms with Gasteiger partial charge in [-0.15, -0.1) is 0 Å². The minimum Gasteiger partial charge on any atom is -0.455 e. The first-order valence-corrected chi connectivity index (χ1v) is 36.2. The summed E-state index contributed by atoms with van der Waals surface area (Å²) >= 11 is 0. The minimum absolute atomic E-state index is 0.347. The summed E-state index contributed by atoms with van der Waals surface area (Å²) in [6.45, 7) is 25.0. The Morgan fingerprint density at radius 1 is 0.221 bits per heavy atom. The van der Waals surface area contributed by atoms with E-state index in [4.69, 9.17) is 41.2 Å². The van der Waals surface area contributed by atoms with Crippen molar-refractivity contribution < 1.29 is 41.2 Å². The van der Waals surface area contributed by atoms with E-state index in [9.17, 15) is 0 Å². The van der Waals surface area contributed by atoms with Crippen LogP contribution in [0, 0.1) is 0 Å². The summed E-state index contributed by atoms with van der Waals surface area (Å²) in [6, 6.07) is 91.6. The molecule has 9 nitrogen and oxygen atoms in total. The normalized spacial score (nSPS) is 17.2. The predicted octanol–water partition coefficient (Wildman–Crippen LogP) is 22.4. The Morgan fingerprint density at radius 3 is 1.20 bits per heavy atom. The van der Waals surface area contributed by atoms with Gasteiger partial charge < -0.3 is 41.2 Å². The third-order valence-electron chi connectivity index (χ3n) is 23.4. The third kappa shape index (κ3) is 10.7. The van der Waals surface area contributed by atoms with E-state index < -0.39 is 18.3 Å². The number of benzene rings is 14. The van der Waals surface area contributed by atoms with Crippen LogP contribution in [0.25, 0.3) is 153 Å². The molecule has 0 spiro atoms. The Balaban J connectivity index is 0.000000111. The van der Waals surface area contributed by atoms with E-state index in [0.717, 1.165) is 132 Å². The number of fused-ring (bicyclic) bond motifs is 20. The minimum atomic E-state index is -0.439. The molecule has 3 saturated heterocycles. The molecule has 3 aliphatic rings. The van der Waals surface area contributed by atoms with Crippen LogP contribution in [0.3, 0.4) is 0 Å². The van der Waals surface area contributed by atoms with Crippen molar-refractivity contribution in [3.63, 3.8) is 0 Å². The molecule has 3 fully saturated rings. The third-order valence-corrected chi connectivity index (χ3v) is 23.4. The second kappa shape index (κ2) is 24.2. The van der Waals surface area contributed by atoms with Crippen LogP contribution in [0.15, 0.2) is 274 Å². The first-order valence-electron chi connectivity index (χ1n) is 36.2. The quantitative estimate of drug-likeness (QED) is 0.119. The van der Waals surface area contributed by atoms with E-state index in [1.165, 1.54) is 37.9 Å². The van der Waals surface area contributed by atoms with Gasteiger partial charge in [0.15, 0.2) is 0 Å². The molecule has 104 heavy (non-hydrogen) atoms. The fourth-order valence-electron chi connectivity index (χ4n) is 15.4. The monoisotopic (exact) mass is 1360 g/mol. The van der Waals surface area contributed by atoms with E-state index in [-0.39, 0.29) is 36.6 Å². The summed E-state index contributed by atoms with van der Waals surface area (Å²) in [7, 11) is -1.15. The van der Waals surface area contributed by atoms with Crippen molar-refractivity contribution >= 4 is 157 Å². The van der Waals surface area contributed by atoms with Crippen LogP contribution in [0.2, 0.25) is 0 Å². The Kier molecular flexibility index (Phi) is 15.3. The molecule has 14 aromatic carbocycles. The van der Waals surface area contributed by atoms with Gasteiger partial charge in [-0.05, 0) is 202 Å². The van der Waals surface area contributed by atoms with Gasteiger partial charge >= 0.3 is 21.4 Å². The molecule has 0 radical (unpaired) electrons. The maximum absolute atomic E-state index is 6.61. The largest absolute Gasteiger partial charge is 0.495 e. The van der Waals surface area contributed by atoms with Crippen molar-refractivity contribution in [2.75, 3.05) is 0 Å². The number of para-hydroxylation sites is 1. The lowest BCUT2D eigenvalue weighted by Crippen LogP contribution is -2.41. The number of furan rings is 3. The lowest BCUT2D eigenvalue weighted by Gasteiger charge is -2.32. The standard InChI is InChI=1S/2C32H27BO3.C28H25BO3/c1-31(2)32(3,4)36-33(35-31)22-16-13-20(14-17-22)21-15-18-28-27(19-21)29-25-11-7-5-9-23(25)24-10-6-8-12-26(24)30(29)34-28;1-31(2)32(3,4)36-33(35-31)28-16-10-9-14-23(28)26-19-27-25-18-17-20-11-5-6-12-21(20)29(25)34-30(27)24-15-8-7-13-22(24)26;1-27(2)28(3,4)32-29(31-27)19-15-13-18(14-16-19)23-17-24-21-10-7-8-12-25(21)30-26(24)22-11-6-5-9-20(22)23/h2*5-19H,1-4H3;5-17H,1-4H3. The van der Waals surface area contributed by atoms with Gasteiger partial charge in [-0.2, -0.15) is 0 Å².